The molecule has 0 aliphatic carbocycles. The SMILES string of the molecule is CC(C)c1cc(C(=O)O)nc(Cl)n1. The predicted octanol–water partition coefficient (Wildman–Crippen LogP) is 1.95. The van der Waals surface area contributed by atoms with Gasteiger partial charge in [0.05, 0.1) is 0 Å². The Morgan fingerprint density at radius 2 is 2.15 bits per heavy atom. The first-order chi connectivity index (χ1) is 6.00. The molecule has 70 valence electrons. The summed E-state index contributed by atoms with van der Waals surface area (Å²) < 4.78 is 0. The molecule has 1 aromatic heterocycles. The second-order valence-corrected chi connectivity index (χ2v) is 3.24. The van der Waals surface area contributed by atoms with Crippen LogP contribution in [0.2, 0.25) is 5.28 Å². The number of carboxylic acids is 1. The van der Waals surface area contributed by atoms with Crippen molar-refractivity contribution < 1.29 is 9.90 Å². The average molecular weight is 201 g/mol. The lowest BCUT2D eigenvalue weighted by Crippen LogP contribution is -2.05. The highest BCUT2D eigenvalue weighted by atomic mass is 35.5. The molecule has 0 fully saturated rings. The molecule has 0 aliphatic rings. The zero-order valence-corrected chi connectivity index (χ0v) is 8.04. The number of carbonyl (C=O) groups is 1. The summed E-state index contributed by atoms with van der Waals surface area (Å²) in [6.07, 6.45) is 0. The first-order valence-electron chi connectivity index (χ1n) is 3.78. The van der Waals surface area contributed by atoms with E-state index in [9.17, 15) is 4.79 Å². The van der Waals surface area contributed by atoms with Crippen molar-refractivity contribution in [3.63, 3.8) is 0 Å². The fourth-order valence-corrected chi connectivity index (χ4v) is 1.03. The summed E-state index contributed by atoms with van der Waals surface area (Å²) in [6, 6.07) is 1.43. The Balaban J connectivity index is 3.19. The van der Waals surface area contributed by atoms with Crippen LogP contribution in [0.15, 0.2) is 6.07 Å². The van der Waals surface area contributed by atoms with Crippen molar-refractivity contribution in [2.75, 3.05) is 0 Å². The zero-order valence-electron chi connectivity index (χ0n) is 7.28. The second-order valence-electron chi connectivity index (χ2n) is 2.91. The number of halogens is 1. The molecule has 0 atom stereocenters. The molecule has 0 bridgehead atoms. The summed E-state index contributed by atoms with van der Waals surface area (Å²) in [7, 11) is 0. The molecule has 0 saturated heterocycles. The van der Waals surface area contributed by atoms with E-state index in [0.717, 1.165) is 0 Å². The molecule has 0 amide bonds. The highest BCUT2D eigenvalue weighted by Crippen LogP contribution is 2.14. The lowest BCUT2D eigenvalue weighted by atomic mass is 10.1. The van der Waals surface area contributed by atoms with Crippen LogP contribution in [0.4, 0.5) is 0 Å². The van der Waals surface area contributed by atoms with Crippen molar-refractivity contribution in [2.45, 2.75) is 19.8 Å². The summed E-state index contributed by atoms with van der Waals surface area (Å²) in [4.78, 5) is 18.1. The van der Waals surface area contributed by atoms with E-state index >= 15 is 0 Å². The lowest BCUT2D eigenvalue weighted by Gasteiger charge is -2.04. The van der Waals surface area contributed by atoms with Gasteiger partial charge in [-0.3, -0.25) is 0 Å². The maximum atomic E-state index is 10.6. The van der Waals surface area contributed by atoms with Gasteiger partial charge in [-0.25, -0.2) is 14.8 Å². The first kappa shape index (κ1) is 9.92. The van der Waals surface area contributed by atoms with Gasteiger partial charge in [-0.2, -0.15) is 0 Å². The van der Waals surface area contributed by atoms with Crippen molar-refractivity contribution in [3.05, 3.63) is 22.7 Å². The number of nitrogens with zero attached hydrogens (tertiary/aromatic N) is 2. The monoisotopic (exact) mass is 200 g/mol. The van der Waals surface area contributed by atoms with Gasteiger partial charge in [-0.05, 0) is 23.6 Å². The maximum absolute atomic E-state index is 10.6. The van der Waals surface area contributed by atoms with Gasteiger partial charge in [0.25, 0.3) is 0 Å². The number of aromatic nitrogens is 2. The Bertz CT molecular complexity index is 339. The zero-order chi connectivity index (χ0) is 10.0. The summed E-state index contributed by atoms with van der Waals surface area (Å²) >= 11 is 5.55. The van der Waals surface area contributed by atoms with Crippen LogP contribution in [0.3, 0.4) is 0 Å². The van der Waals surface area contributed by atoms with E-state index in [0.29, 0.717) is 5.69 Å². The molecule has 5 heteroatoms. The van der Waals surface area contributed by atoms with E-state index in [-0.39, 0.29) is 16.9 Å². The van der Waals surface area contributed by atoms with E-state index in [1.807, 2.05) is 13.8 Å². The van der Waals surface area contributed by atoms with Crippen molar-refractivity contribution in [1.82, 2.24) is 9.97 Å². The minimum absolute atomic E-state index is 0.0244. The Kier molecular flexibility index (Phi) is 2.83. The number of rotatable bonds is 2. The third-order valence-corrected chi connectivity index (χ3v) is 1.70. The third-order valence-electron chi connectivity index (χ3n) is 1.53. The third kappa shape index (κ3) is 2.39. The molecule has 1 aromatic rings. The van der Waals surface area contributed by atoms with Gasteiger partial charge in [0, 0.05) is 5.69 Å². The molecule has 1 rings (SSSR count). The first-order valence-corrected chi connectivity index (χ1v) is 4.16. The summed E-state index contributed by atoms with van der Waals surface area (Å²) in [6.45, 7) is 3.81. The maximum Gasteiger partial charge on any atom is 0.354 e. The number of aromatic carboxylic acids is 1. The Labute approximate surface area is 80.6 Å². The molecule has 0 saturated carbocycles. The summed E-state index contributed by atoms with van der Waals surface area (Å²) in [5.74, 6) is -0.954. The summed E-state index contributed by atoms with van der Waals surface area (Å²) in [5, 5.41) is 8.64. The van der Waals surface area contributed by atoms with Crippen molar-refractivity contribution in [1.29, 1.82) is 0 Å². The van der Waals surface area contributed by atoms with Gasteiger partial charge in [-0.1, -0.05) is 13.8 Å². The van der Waals surface area contributed by atoms with E-state index in [1.54, 1.807) is 0 Å². The van der Waals surface area contributed by atoms with Crippen molar-refractivity contribution in [2.24, 2.45) is 0 Å². The highest BCUT2D eigenvalue weighted by Gasteiger charge is 2.10. The molecule has 0 spiro atoms. The van der Waals surface area contributed by atoms with Crippen LogP contribution in [0.1, 0.15) is 35.9 Å². The molecule has 0 unspecified atom stereocenters. The molecule has 0 aromatic carbocycles. The fraction of sp³-hybridized carbons (Fsp3) is 0.375. The molecule has 1 N–H and O–H groups in total. The standard InChI is InChI=1S/C8H9ClN2O2/c1-4(2)5-3-6(7(12)13)11-8(9)10-5/h3-4H,1-2H3,(H,12,13). The Morgan fingerprint density at radius 3 is 2.62 bits per heavy atom. The highest BCUT2D eigenvalue weighted by molar-refractivity contribution is 6.28. The van der Waals surface area contributed by atoms with Gasteiger partial charge in [0.15, 0.2) is 5.69 Å². The van der Waals surface area contributed by atoms with Crippen LogP contribution < -0.4 is 0 Å². The quantitative estimate of drug-likeness (QED) is 0.742. The largest absolute Gasteiger partial charge is 0.477 e. The van der Waals surface area contributed by atoms with E-state index in [1.165, 1.54) is 6.07 Å². The lowest BCUT2D eigenvalue weighted by molar-refractivity contribution is 0.0690. The van der Waals surface area contributed by atoms with E-state index < -0.39 is 5.97 Å². The molecule has 1 heterocycles. The molecule has 0 radical (unpaired) electrons. The number of carboxylic acid groups (broad SMARTS) is 1. The van der Waals surface area contributed by atoms with Crippen LogP contribution in [-0.2, 0) is 0 Å². The molecular formula is C8H9ClN2O2. The van der Waals surface area contributed by atoms with E-state index in [2.05, 4.69) is 9.97 Å². The smallest absolute Gasteiger partial charge is 0.354 e. The van der Waals surface area contributed by atoms with Gasteiger partial charge in [-0.15, -0.1) is 0 Å². The normalized spacial score (nSPS) is 10.5. The minimum Gasteiger partial charge on any atom is -0.477 e. The molecule has 4 nitrogen and oxygen atoms in total. The molecule has 13 heavy (non-hydrogen) atoms. The van der Waals surface area contributed by atoms with Crippen molar-refractivity contribution >= 4 is 17.6 Å². The Morgan fingerprint density at radius 1 is 1.54 bits per heavy atom. The minimum atomic E-state index is -1.09. The van der Waals surface area contributed by atoms with Crippen LogP contribution in [0.5, 0.6) is 0 Å². The van der Waals surface area contributed by atoms with Crippen LogP contribution in [0, 0.1) is 0 Å². The summed E-state index contributed by atoms with van der Waals surface area (Å²) in [5.41, 5.74) is 0.570. The second kappa shape index (κ2) is 3.70. The van der Waals surface area contributed by atoms with Crippen LogP contribution in [-0.4, -0.2) is 21.0 Å². The van der Waals surface area contributed by atoms with Gasteiger partial charge >= 0.3 is 5.97 Å². The van der Waals surface area contributed by atoms with Crippen LogP contribution >= 0.6 is 11.6 Å². The number of hydrogen-bond acceptors (Lipinski definition) is 3. The fourth-order valence-electron chi connectivity index (χ4n) is 0.841. The van der Waals surface area contributed by atoms with Crippen molar-refractivity contribution in [3.8, 4) is 0 Å². The number of hydrogen-bond donors (Lipinski definition) is 1. The Hall–Kier alpha value is -1.16. The topological polar surface area (TPSA) is 63.1 Å². The van der Waals surface area contributed by atoms with Gasteiger partial charge < -0.3 is 5.11 Å². The predicted molar refractivity (Wildman–Crippen MR) is 48.1 cm³/mol. The average Bonchev–Trinajstić information content (AvgIpc) is 2.03. The molecule has 0 aliphatic heterocycles. The van der Waals surface area contributed by atoms with Gasteiger partial charge in [0.2, 0.25) is 5.28 Å². The van der Waals surface area contributed by atoms with Crippen LogP contribution in [0.25, 0.3) is 0 Å². The molecular weight excluding hydrogens is 192 g/mol. The van der Waals surface area contributed by atoms with E-state index in [4.69, 9.17) is 16.7 Å². The van der Waals surface area contributed by atoms with Gasteiger partial charge in [0.1, 0.15) is 0 Å².